The first-order valence-corrected chi connectivity index (χ1v) is 7.98. The van der Waals surface area contributed by atoms with E-state index in [4.69, 9.17) is 0 Å². The van der Waals surface area contributed by atoms with Gasteiger partial charge in [-0.25, -0.2) is 0 Å². The Morgan fingerprint density at radius 2 is 2.30 bits per heavy atom. The molecule has 2 aliphatic carbocycles. The molecule has 2 saturated carbocycles. The number of rotatable bonds is 3. The fourth-order valence-electron chi connectivity index (χ4n) is 4.81. The summed E-state index contributed by atoms with van der Waals surface area (Å²) >= 11 is 0. The smallest absolute Gasteiger partial charge is 0.276 e. The number of likely N-dealkylation sites (tertiary alicyclic amines) is 1. The minimum atomic E-state index is 0.0596. The van der Waals surface area contributed by atoms with Crippen LogP contribution in [-0.4, -0.2) is 38.8 Å². The number of hydrogen-bond donors (Lipinski definition) is 1. The van der Waals surface area contributed by atoms with E-state index in [1.54, 1.807) is 0 Å². The lowest BCUT2D eigenvalue weighted by molar-refractivity contribution is 0.0701. The Morgan fingerprint density at radius 3 is 3.00 bits per heavy atom. The number of amides is 1. The molecule has 1 aromatic rings. The van der Waals surface area contributed by atoms with Gasteiger partial charge in [-0.2, -0.15) is 15.4 Å². The first kappa shape index (κ1) is 12.4. The van der Waals surface area contributed by atoms with Crippen molar-refractivity contribution in [1.82, 2.24) is 20.3 Å². The largest absolute Gasteiger partial charge is 0.334 e. The van der Waals surface area contributed by atoms with Crippen molar-refractivity contribution >= 4 is 5.91 Å². The second-order valence-corrected chi connectivity index (χ2v) is 6.82. The third-order valence-corrected chi connectivity index (χ3v) is 5.73. The van der Waals surface area contributed by atoms with Crippen LogP contribution in [-0.2, 0) is 0 Å². The van der Waals surface area contributed by atoms with E-state index in [0.29, 0.717) is 11.7 Å². The molecular formula is C15H22N4O. The van der Waals surface area contributed by atoms with Crippen LogP contribution in [0.2, 0.25) is 0 Å². The van der Waals surface area contributed by atoms with Crippen molar-refractivity contribution in [3.05, 3.63) is 11.9 Å². The molecule has 1 amide bonds. The van der Waals surface area contributed by atoms with Gasteiger partial charge in [0.05, 0.1) is 6.20 Å². The van der Waals surface area contributed by atoms with Crippen molar-refractivity contribution in [2.24, 2.45) is 17.8 Å². The molecule has 1 aromatic heterocycles. The van der Waals surface area contributed by atoms with E-state index in [1.807, 2.05) is 4.90 Å². The first-order valence-electron chi connectivity index (χ1n) is 7.98. The summed E-state index contributed by atoms with van der Waals surface area (Å²) in [5.74, 6) is 2.87. The summed E-state index contributed by atoms with van der Waals surface area (Å²) in [6.07, 6.45) is 10.8. The van der Waals surface area contributed by atoms with Crippen LogP contribution < -0.4 is 0 Å². The molecule has 5 heteroatoms. The normalized spacial score (nSPS) is 35.9. The predicted octanol–water partition coefficient (Wildman–Crippen LogP) is 2.24. The van der Waals surface area contributed by atoms with E-state index in [1.165, 1.54) is 38.3 Å². The van der Waals surface area contributed by atoms with E-state index in [2.05, 4.69) is 15.4 Å². The van der Waals surface area contributed by atoms with E-state index in [0.717, 1.165) is 37.1 Å². The second kappa shape index (κ2) is 4.86. The van der Waals surface area contributed by atoms with Gasteiger partial charge in [0.1, 0.15) is 0 Å². The summed E-state index contributed by atoms with van der Waals surface area (Å²) in [5.41, 5.74) is 0.463. The quantitative estimate of drug-likeness (QED) is 0.919. The Balaban J connectivity index is 1.43. The fourth-order valence-corrected chi connectivity index (χ4v) is 4.81. The van der Waals surface area contributed by atoms with Gasteiger partial charge in [0.15, 0.2) is 5.69 Å². The van der Waals surface area contributed by atoms with Crippen LogP contribution in [0.1, 0.15) is 55.4 Å². The average Bonchev–Trinajstić information content (AvgIpc) is 3.23. The van der Waals surface area contributed by atoms with E-state index >= 15 is 0 Å². The molecule has 2 bridgehead atoms. The van der Waals surface area contributed by atoms with Crippen LogP contribution >= 0.6 is 0 Å². The SMILES string of the molecule is O=C(c1cn[nH]n1)N1CCCC1CC1CC2CCC1C2. The van der Waals surface area contributed by atoms with Gasteiger partial charge >= 0.3 is 0 Å². The van der Waals surface area contributed by atoms with Gasteiger partial charge in [0.2, 0.25) is 0 Å². The lowest BCUT2D eigenvalue weighted by Crippen LogP contribution is -2.37. The molecule has 0 aromatic carbocycles. The molecule has 1 saturated heterocycles. The number of nitrogens with zero attached hydrogens (tertiary/aromatic N) is 3. The summed E-state index contributed by atoms with van der Waals surface area (Å²) in [5, 5.41) is 10.2. The number of nitrogens with one attached hydrogen (secondary N) is 1. The van der Waals surface area contributed by atoms with Crippen LogP contribution in [0.4, 0.5) is 0 Å². The van der Waals surface area contributed by atoms with Gasteiger partial charge in [-0.3, -0.25) is 4.79 Å². The number of aromatic amines is 1. The Bertz CT molecular complexity index is 486. The topological polar surface area (TPSA) is 61.9 Å². The number of hydrogen-bond acceptors (Lipinski definition) is 3. The Hall–Kier alpha value is -1.39. The molecular weight excluding hydrogens is 252 g/mol. The molecule has 5 nitrogen and oxygen atoms in total. The highest BCUT2D eigenvalue weighted by Gasteiger charge is 2.42. The number of carbonyl (C=O) groups is 1. The standard InChI is InChI=1S/C15H22N4O/c20-15(14-9-16-18-17-14)19-5-1-2-13(19)8-12-7-10-3-4-11(12)6-10/h9-13H,1-8H2,(H,16,17,18). The zero-order chi connectivity index (χ0) is 13.5. The molecule has 4 rings (SSSR count). The Labute approximate surface area is 119 Å². The van der Waals surface area contributed by atoms with Crippen LogP contribution in [0.15, 0.2) is 6.20 Å². The molecule has 1 N–H and O–H groups in total. The molecule has 4 atom stereocenters. The Morgan fingerprint density at radius 1 is 1.35 bits per heavy atom. The first-order chi connectivity index (χ1) is 9.81. The highest BCUT2D eigenvalue weighted by Crippen LogP contribution is 2.50. The molecule has 0 radical (unpaired) electrons. The van der Waals surface area contributed by atoms with Crippen molar-refractivity contribution in [2.45, 2.75) is 51.0 Å². The van der Waals surface area contributed by atoms with E-state index < -0.39 is 0 Å². The molecule has 1 aliphatic heterocycles. The summed E-state index contributed by atoms with van der Waals surface area (Å²) in [6, 6.07) is 0.434. The van der Waals surface area contributed by atoms with Gasteiger partial charge in [0, 0.05) is 12.6 Å². The maximum atomic E-state index is 12.5. The predicted molar refractivity (Wildman–Crippen MR) is 74.0 cm³/mol. The summed E-state index contributed by atoms with van der Waals surface area (Å²) in [7, 11) is 0. The average molecular weight is 274 g/mol. The highest BCUT2D eigenvalue weighted by molar-refractivity contribution is 5.92. The molecule has 2 heterocycles. The maximum absolute atomic E-state index is 12.5. The Kier molecular flexibility index (Phi) is 3.00. The van der Waals surface area contributed by atoms with Gasteiger partial charge in [-0.1, -0.05) is 6.42 Å². The van der Waals surface area contributed by atoms with E-state index in [-0.39, 0.29) is 5.91 Å². The monoisotopic (exact) mass is 274 g/mol. The summed E-state index contributed by atoms with van der Waals surface area (Å²) in [6.45, 7) is 0.886. The van der Waals surface area contributed by atoms with Crippen molar-refractivity contribution in [2.75, 3.05) is 6.54 Å². The van der Waals surface area contributed by atoms with Crippen LogP contribution in [0, 0.1) is 17.8 Å². The number of carbonyl (C=O) groups excluding carboxylic acids is 1. The van der Waals surface area contributed by atoms with Crippen LogP contribution in [0.5, 0.6) is 0 Å². The van der Waals surface area contributed by atoms with Gasteiger partial charge in [-0.05, 0) is 56.3 Å². The molecule has 20 heavy (non-hydrogen) atoms. The van der Waals surface area contributed by atoms with Gasteiger partial charge in [0.25, 0.3) is 5.91 Å². The minimum Gasteiger partial charge on any atom is -0.334 e. The second-order valence-electron chi connectivity index (χ2n) is 6.82. The molecule has 0 spiro atoms. The number of fused-ring (bicyclic) bond motifs is 2. The van der Waals surface area contributed by atoms with Crippen molar-refractivity contribution < 1.29 is 4.79 Å². The summed E-state index contributed by atoms with van der Waals surface area (Å²) in [4.78, 5) is 14.5. The van der Waals surface area contributed by atoms with E-state index in [9.17, 15) is 4.79 Å². The zero-order valence-electron chi connectivity index (χ0n) is 11.8. The molecule has 3 fully saturated rings. The van der Waals surface area contributed by atoms with Gasteiger partial charge in [-0.15, -0.1) is 0 Å². The van der Waals surface area contributed by atoms with Crippen LogP contribution in [0.25, 0.3) is 0 Å². The molecule has 3 aliphatic rings. The lowest BCUT2D eigenvalue weighted by atomic mass is 9.83. The third kappa shape index (κ3) is 2.03. The zero-order valence-corrected chi connectivity index (χ0v) is 11.8. The maximum Gasteiger partial charge on any atom is 0.276 e. The highest BCUT2D eigenvalue weighted by atomic mass is 16.2. The van der Waals surface area contributed by atoms with Crippen molar-refractivity contribution in [3.63, 3.8) is 0 Å². The van der Waals surface area contributed by atoms with Gasteiger partial charge < -0.3 is 4.90 Å². The number of aromatic nitrogens is 3. The number of H-pyrrole nitrogens is 1. The fraction of sp³-hybridized carbons (Fsp3) is 0.800. The third-order valence-electron chi connectivity index (χ3n) is 5.73. The van der Waals surface area contributed by atoms with Crippen molar-refractivity contribution in [3.8, 4) is 0 Å². The van der Waals surface area contributed by atoms with Crippen LogP contribution in [0.3, 0.4) is 0 Å². The lowest BCUT2D eigenvalue weighted by Gasteiger charge is -2.29. The summed E-state index contributed by atoms with van der Waals surface area (Å²) < 4.78 is 0. The molecule has 4 unspecified atom stereocenters. The molecule has 108 valence electrons. The van der Waals surface area contributed by atoms with Crippen molar-refractivity contribution in [1.29, 1.82) is 0 Å². The minimum absolute atomic E-state index is 0.0596.